The lowest BCUT2D eigenvalue weighted by Crippen LogP contribution is -2.46. The molecule has 2 nitrogen and oxygen atoms in total. The molecule has 0 aromatic heterocycles. The molecular weight excluding hydrogens is 176 g/mol. The van der Waals surface area contributed by atoms with E-state index in [2.05, 4.69) is 0 Å². The Bertz CT molecular complexity index is 277. The van der Waals surface area contributed by atoms with Gasteiger partial charge in [-0.15, -0.1) is 0 Å². The second-order valence-electron chi connectivity index (χ2n) is 3.03. The zero-order valence-corrected chi connectivity index (χ0v) is 7.21. The van der Waals surface area contributed by atoms with Gasteiger partial charge in [0.05, 0.1) is 13.2 Å². The summed E-state index contributed by atoms with van der Waals surface area (Å²) in [4.78, 5) is 0. The van der Waals surface area contributed by atoms with Crippen LogP contribution >= 0.6 is 11.6 Å². The Morgan fingerprint density at radius 1 is 1.25 bits per heavy atom. The van der Waals surface area contributed by atoms with Crippen molar-refractivity contribution in [2.24, 2.45) is 0 Å². The van der Waals surface area contributed by atoms with Crippen molar-refractivity contribution >= 4 is 11.6 Å². The summed E-state index contributed by atoms with van der Waals surface area (Å²) in [5.41, 5.74) is 0.100. The Kier molecular flexibility index (Phi) is 1.83. The van der Waals surface area contributed by atoms with E-state index in [0.717, 1.165) is 5.56 Å². The molecule has 1 fully saturated rings. The zero-order valence-electron chi connectivity index (χ0n) is 6.46. The fourth-order valence-corrected chi connectivity index (χ4v) is 1.35. The van der Waals surface area contributed by atoms with Crippen LogP contribution in [0.4, 0.5) is 0 Å². The summed E-state index contributed by atoms with van der Waals surface area (Å²) in [5.74, 6) is 0. The van der Waals surface area contributed by atoms with Crippen LogP contribution in [0.25, 0.3) is 0 Å². The first-order valence-corrected chi connectivity index (χ1v) is 4.15. The lowest BCUT2D eigenvalue weighted by Gasteiger charge is -2.36. The SMILES string of the molecule is OC1(c2ccc(Cl)cc2)COC1. The summed E-state index contributed by atoms with van der Waals surface area (Å²) in [6.45, 7) is 0.767. The van der Waals surface area contributed by atoms with E-state index in [-0.39, 0.29) is 0 Å². The fourth-order valence-electron chi connectivity index (χ4n) is 1.22. The van der Waals surface area contributed by atoms with Gasteiger partial charge in [0, 0.05) is 5.02 Å². The highest BCUT2D eigenvalue weighted by Crippen LogP contribution is 2.29. The van der Waals surface area contributed by atoms with Gasteiger partial charge in [0.15, 0.2) is 0 Å². The summed E-state index contributed by atoms with van der Waals surface area (Å²) >= 11 is 5.71. The minimum absolute atomic E-state index is 0.384. The van der Waals surface area contributed by atoms with Crippen molar-refractivity contribution in [1.82, 2.24) is 0 Å². The third kappa shape index (κ3) is 1.22. The monoisotopic (exact) mass is 184 g/mol. The molecule has 0 radical (unpaired) electrons. The van der Waals surface area contributed by atoms with Crippen LogP contribution in [-0.2, 0) is 10.3 Å². The van der Waals surface area contributed by atoms with E-state index in [4.69, 9.17) is 16.3 Å². The first-order chi connectivity index (χ1) is 5.71. The fraction of sp³-hybridized carbons (Fsp3) is 0.333. The number of halogens is 1. The molecule has 3 heteroatoms. The molecule has 64 valence electrons. The molecule has 0 bridgehead atoms. The van der Waals surface area contributed by atoms with E-state index in [1.165, 1.54) is 0 Å². The van der Waals surface area contributed by atoms with Gasteiger partial charge < -0.3 is 9.84 Å². The van der Waals surface area contributed by atoms with Crippen LogP contribution in [0.15, 0.2) is 24.3 Å². The summed E-state index contributed by atoms with van der Waals surface area (Å²) in [6, 6.07) is 7.19. The molecule has 2 rings (SSSR count). The molecule has 0 saturated carbocycles. The maximum Gasteiger partial charge on any atom is 0.136 e. The van der Waals surface area contributed by atoms with Crippen molar-refractivity contribution in [3.05, 3.63) is 34.9 Å². The highest BCUT2D eigenvalue weighted by molar-refractivity contribution is 6.30. The van der Waals surface area contributed by atoms with Crippen LogP contribution in [0.5, 0.6) is 0 Å². The number of benzene rings is 1. The maximum atomic E-state index is 9.80. The highest BCUT2D eigenvalue weighted by atomic mass is 35.5. The first kappa shape index (κ1) is 8.05. The Morgan fingerprint density at radius 3 is 2.25 bits per heavy atom. The molecule has 1 aliphatic rings. The number of rotatable bonds is 1. The Hall–Kier alpha value is -0.570. The predicted molar refractivity (Wildman–Crippen MR) is 46.2 cm³/mol. The molecule has 1 heterocycles. The van der Waals surface area contributed by atoms with Crippen LogP contribution in [0.1, 0.15) is 5.56 Å². The minimum Gasteiger partial charge on any atom is -0.380 e. The lowest BCUT2D eigenvalue weighted by molar-refractivity contribution is -0.184. The van der Waals surface area contributed by atoms with E-state index in [9.17, 15) is 5.11 Å². The molecule has 1 N–H and O–H groups in total. The van der Waals surface area contributed by atoms with Gasteiger partial charge >= 0.3 is 0 Å². The molecule has 1 saturated heterocycles. The smallest absolute Gasteiger partial charge is 0.136 e. The number of hydrogen-bond donors (Lipinski definition) is 1. The van der Waals surface area contributed by atoms with Gasteiger partial charge in [0.2, 0.25) is 0 Å². The highest BCUT2D eigenvalue weighted by Gasteiger charge is 2.37. The van der Waals surface area contributed by atoms with Gasteiger partial charge in [-0.25, -0.2) is 0 Å². The quantitative estimate of drug-likeness (QED) is 0.718. The van der Waals surface area contributed by atoms with Gasteiger partial charge in [-0.2, -0.15) is 0 Å². The molecular formula is C9H9ClO2. The van der Waals surface area contributed by atoms with Crippen molar-refractivity contribution < 1.29 is 9.84 Å². The Labute approximate surface area is 75.7 Å². The van der Waals surface area contributed by atoms with E-state index in [1.807, 2.05) is 12.1 Å². The molecule has 0 aliphatic carbocycles. The van der Waals surface area contributed by atoms with Crippen LogP contribution in [0.2, 0.25) is 5.02 Å². The largest absolute Gasteiger partial charge is 0.380 e. The number of ether oxygens (including phenoxy) is 1. The van der Waals surface area contributed by atoms with Crippen molar-refractivity contribution in [2.45, 2.75) is 5.60 Å². The molecule has 0 unspecified atom stereocenters. The second-order valence-corrected chi connectivity index (χ2v) is 3.47. The lowest BCUT2D eigenvalue weighted by atomic mass is 9.92. The Morgan fingerprint density at radius 2 is 1.83 bits per heavy atom. The third-order valence-corrected chi connectivity index (χ3v) is 2.32. The van der Waals surface area contributed by atoms with Crippen molar-refractivity contribution in [3.63, 3.8) is 0 Å². The standard InChI is InChI=1S/C9H9ClO2/c10-8-3-1-7(2-4-8)9(11)5-12-6-9/h1-4,11H,5-6H2. The summed E-state index contributed by atoms with van der Waals surface area (Å²) in [6.07, 6.45) is 0. The maximum absolute atomic E-state index is 9.80. The molecule has 1 aromatic rings. The molecule has 1 aromatic carbocycles. The van der Waals surface area contributed by atoms with Gasteiger partial charge in [-0.3, -0.25) is 0 Å². The van der Waals surface area contributed by atoms with Crippen LogP contribution < -0.4 is 0 Å². The van der Waals surface area contributed by atoms with Gasteiger partial charge in [-0.05, 0) is 17.7 Å². The number of aliphatic hydroxyl groups is 1. The van der Waals surface area contributed by atoms with E-state index in [1.54, 1.807) is 12.1 Å². The Balaban J connectivity index is 2.28. The van der Waals surface area contributed by atoms with E-state index < -0.39 is 5.60 Å². The zero-order chi connectivity index (χ0) is 8.60. The van der Waals surface area contributed by atoms with E-state index >= 15 is 0 Å². The predicted octanol–water partition coefficient (Wildman–Crippen LogP) is 1.56. The third-order valence-electron chi connectivity index (χ3n) is 2.06. The van der Waals surface area contributed by atoms with Crippen molar-refractivity contribution in [3.8, 4) is 0 Å². The van der Waals surface area contributed by atoms with E-state index in [0.29, 0.717) is 18.2 Å². The molecule has 1 aliphatic heterocycles. The first-order valence-electron chi connectivity index (χ1n) is 3.77. The topological polar surface area (TPSA) is 29.5 Å². The van der Waals surface area contributed by atoms with Gasteiger partial charge in [-0.1, -0.05) is 23.7 Å². The van der Waals surface area contributed by atoms with Crippen LogP contribution in [0, 0.1) is 0 Å². The van der Waals surface area contributed by atoms with Crippen molar-refractivity contribution in [1.29, 1.82) is 0 Å². The van der Waals surface area contributed by atoms with Crippen molar-refractivity contribution in [2.75, 3.05) is 13.2 Å². The second kappa shape index (κ2) is 2.73. The number of hydrogen-bond acceptors (Lipinski definition) is 2. The molecule has 0 atom stereocenters. The molecule has 12 heavy (non-hydrogen) atoms. The summed E-state index contributed by atoms with van der Waals surface area (Å²) in [5, 5.41) is 10.5. The normalized spacial score (nSPS) is 20.2. The molecule has 0 spiro atoms. The van der Waals surface area contributed by atoms with Gasteiger partial charge in [0.1, 0.15) is 5.60 Å². The average Bonchev–Trinajstić information content (AvgIpc) is 2.02. The summed E-state index contributed by atoms with van der Waals surface area (Å²) in [7, 11) is 0. The minimum atomic E-state index is -0.773. The summed E-state index contributed by atoms with van der Waals surface area (Å²) < 4.78 is 4.94. The average molecular weight is 185 g/mol. The van der Waals surface area contributed by atoms with Crippen LogP contribution in [-0.4, -0.2) is 18.3 Å². The molecule has 0 amide bonds. The van der Waals surface area contributed by atoms with Gasteiger partial charge in [0.25, 0.3) is 0 Å². The van der Waals surface area contributed by atoms with Crippen LogP contribution in [0.3, 0.4) is 0 Å².